The maximum atomic E-state index is 12.1. The predicted octanol–water partition coefficient (Wildman–Crippen LogP) is 4.62. The van der Waals surface area contributed by atoms with E-state index in [-0.39, 0.29) is 5.91 Å². The molecule has 0 aliphatic heterocycles. The van der Waals surface area contributed by atoms with Crippen LogP contribution < -0.4 is 5.32 Å². The lowest BCUT2D eigenvalue weighted by Gasteiger charge is -2.27. The van der Waals surface area contributed by atoms with Gasteiger partial charge in [-0.2, -0.15) is 0 Å². The van der Waals surface area contributed by atoms with E-state index in [4.69, 9.17) is 16.0 Å². The van der Waals surface area contributed by atoms with Gasteiger partial charge in [0.05, 0.1) is 11.2 Å². The van der Waals surface area contributed by atoms with Gasteiger partial charge in [-0.05, 0) is 30.9 Å². The second-order valence-corrected chi connectivity index (χ2v) is 7.04. The number of nitrogens with one attached hydrogen (secondary N) is 1. The summed E-state index contributed by atoms with van der Waals surface area (Å²) in [5.74, 6) is 1.98. The zero-order chi connectivity index (χ0) is 16.9. The predicted molar refractivity (Wildman–Crippen MR) is 94.8 cm³/mol. The van der Waals surface area contributed by atoms with Gasteiger partial charge in [0.25, 0.3) is 0 Å². The number of aryl methyl sites for hydroxylation is 1. The van der Waals surface area contributed by atoms with Gasteiger partial charge in [0.1, 0.15) is 0 Å². The Hall–Kier alpha value is -1.81. The molecule has 4 nitrogen and oxygen atoms in total. The monoisotopic (exact) mass is 346 g/mol. The first-order valence-electron chi connectivity index (χ1n) is 8.61. The number of hydrogen-bond donors (Lipinski definition) is 1. The molecule has 1 aromatic heterocycles. The number of halogens is 1. The number of carbonyl (C=O) groups excluding carboxylic acids is 1. The summed E-state index contributed by atoms with van der Waals surface area (Å²) in [6.07, 6.45) is 7.21. The summed E-state index contributed by atoms with van der Waals surface area (Å²) in [7, 11) is 0. The number of rotatable bonds is 5. The molecule has 1 amide bonds. The number of nitrogens with zero attached hydrogens (tertiary/aromatic N) is 1. The highest BCUT2D eigenvalue weighted by Gasteiger charge is 2.20. The van der Waals surface area contributed by atoms with Crippen LogP contribution in [0.5, 0.6) is 0 Å². The van der Waals surface area contributed by atoms with Gasteiger partial charge in [-0.25, -0.2) is 4.98 Å². The molecule has 1 aromatic carbocycles. The number of amides is 1. The van der Waals surface area contributed by atoms with Crippen molar-refractivity contribution in [3.8, 4) is 11.3 Å². The molecule has 5 heteroatoms. The second kappa shape index (κ2) is 7.84. The molecule has 1 fully saturated rings. The number of oxazole rings is 1. The molecule has 128 valence electrons. The molecular weight excluding hydrogens is 324 g/mol. The van der Waals surface area contributed by atoms with Crippen LogP contribution in [0.3, 0.4) is 0 Å². The third-order valence-corrected chi connectivity index (χ3v) is 4.89. The first-order chi connectivity index (χ1) is 11.6. The molecule has 2 atom stereocenters. The smallest absolute Gasteiger partial charge is 0.220 e. The van der Waals surface area contributed by atoms with Gasteiger partial charge in [0, 0.05) is 24.4 Å². The van der Waals surface area contributed by atoms with Crippen LogP contribution in [0.25, 0.3) is 11.3 Å². The lowest BCUT2D eigenvalue weighted by molar-refractivity contribution is -0.122. The molecule has 1 N–H and O–H groups in total. The molecular formula is C19H23ClN2O2. The molecule has 2 unspecified atom stereocenters. The number of carbonyl (C=O) groups is 1. The van der Waals surface area contributed by atoms with Crippen molar-refractivity contribution in [2.75, 3.05) is 0 Å². The van der Waals surface area contributed by atoms with Gasteiger partial charge < -0.3 is 9.73 Å². The number of aromatic nitrogens is 1. The quantitative estimate of drug-likeness (QED) is 0.859. The summed E-state index contributed by atoms with van der Waals surface area (Å²) in [6, 6.07) is 7.81. The van der Waals surface area contributed by atoms with Gasteiger partial charge in [0.15, 0.2) is 11.7 Å². The van der Waals surface area contributed by atoms with E-state index < -0.39 is 0 Å². The average molecular weight is 347 g/mol. The standard InChI is InChI=1S/C19H23ClN2O2/c1-13-5-4-6-14(11-13)22-18(23)9-10-19-21-12-17(24-19)15-7-2-3-8-16(15)20/h2-3,7-8,12-14H,4-6,9-11H2,1H3,(H,22,23). The Morgan fingerprint density at radius 2 is 2.21 bits per heavy atom. The van der Waals surface area contributed by atoms with Crippen LogP contribution in [0.1, 0.15) is 44.9 Å². The fraction of sp³-hybridized carbons (Fsp3) is 0.474. The molecule has 1 aliphatic rings. The van der Waals surface area contributed by atoms with Crippen molar-refractivity contribution in [1.29, 1.82) is 0 Å². The number of hydrogen-bond acceptors (Lipinski definition) is 3. The van der Waals surface area contributed by atoms with E-state index in [1.54, 1.807) is 6.20 Å². The van der Waals surface area contributed by atoms with Gasteiger partial charge in [-0.15, -0.1) is 0 Å². The summed E-state index contributed by atoms with van der Waals surface area (Å²) in [5.41, 5.74) is 0.818. The normalized spacial score (nSPS) is 20.8. The first-order valence-corrected chi connectivity index (χ1v) is 8.98. The van der Waals surface area contributed by atoms with E-state index in [1.807, 2.05) is 24.3 Å². The summed E-state index contributed by atoms with van der Waals surface area (Å²) in [4.78, 5) is 16.4. The summed E-state index contributed by atoms with van der Waals surface area (Å²) < 4.78 is 5.73. The maximum Gasteiger partial charge on any atom is 0.220 e. The highest BCUT2D eigenvalue weighted by molar-refractivity contribution is 6.33. The van der Waals surface area contributed by atoms with Crippen LogP contribution >= 0.6 is 11.6 Å². The Bertz CT molecular complexity index is 698. The highest BCUT2D eigenvalue weighted by atomic mass is 35.5. The van der Waals surface area contributed by atoms with Crippen LogP contribution in [-0.4, -0.2) is 16.9 Å². The zero-order valence-electron chi connectivity index (χ0n) is 13.9. The average Bonchev–Trinajstić information content (AvgIpc) is 3.02. The minimum absolute atomic E-state index is 0.0755. The van der Waals surface area contributed by atoms with Crippen LogP contribution in [0.2, 0.25) is 5.02 Å². The zero-order valence-corrected chi connectivity index (χ0v) is 14.7. The molecule has 24 heavy (non-hydrogen) atoms. The lowest BCUT2D eigenvalue weighted by atomic mass is 9.87. The van der Waals surface area contributed by atoms with E-state index >= 15 is 0 Å². The Morgan fingerprint density at radius 1 is 1.38 bits per heavy atom. The Morgan fingerprint density at radius 3 is 3.00 bits per heavy atom. The van der Waals surface area contributed by atoms with Gasteiger partial charge in [-0.1, -0.05) is 43.5 Å². The fourth-order valence-corrected chi connectivity index (χ4v) is 3.53. The molecule has 3 rings (SSSR count). The minimum Gasteiger partial charge on any atom is -0.441 e. The van der Waals surface area contributed by atoms with Crippen molar-refractivity contribution >= 4 is 17.5 Å². The maximum absolute atomic E-state index is 12.1. The topological polar surface area (TPSA) is 55.1 Å². The molecule has 0 saturated heterocycles. The molecule has 0 bridgehead atoms. The summed E-state index contributed by atoms with van der Waals surface area (Å²) >= 11 is 6.16. The van der Waals surface area contributed by atoms with Crippen LogP contribution in [0.4, 0.5) is 0 Å². The SMILES string of the molecule is CC1CCCC(NC(=O)CCc2ncc(-c3ccccc3Cl)o2)C1. The van der Waals surface area contributed by atoms with Crippen molar-refractivity contribution in [3.63, 3.8) is 0 Å². The Labute approximate surface area is 147 Å². The minimum atomic E-state index is 0.0755. The van der Waals surface area contributed by atoms with Crippen LogP contribution in [0.15, 0.2) is 34.9 Å². The van der Waals surface area contributed by atoms with E-state index in [0.717, 1.165) is 18.4 Å². The molecule has 1 heterocycles. The molecule has 1 saturated carbocycles. The molecule has 0 spiro atoms. The highest BCUT2D eigenvalue weighted by Crippen LogP contribution is 2.28. The van der Waals surface area contributed by atoms with E-state index in [9.17, 15) is 4.79 Å². The Kier molecular flexibility index (Phi) is 5.56. The largest absolute Gasteiger partial charge is 0.441 e. The van der Waals surface area contributed by atoms with Crippen molar-refractivity contribution in [2.45, 2.75) is 51.5 Å². The van der Waals surface area contributed by atoms with E-state index in [0.29, 0.717) is 41.5 Å². The van der Waals surface area contributed by atoms with Crippen molar-refractivity contribution in [2.24, 2.45) is 5.92 Å². The Balaban J connectivity index is 1.52. The first kappa shape index (κ1) is 17.0. The summed E-state index contributed by atoms with van der Waals surface area (Å²) in [5, 5.41) is 3.77. The van der Waals surface area contributed by atoms with Crippen LogP contribution in [0, 0.1) is 5.92 Å². The molecule has 2 aromatic rings. The molecule has 1 aliphatic carbocycles. The number of benzene rings is 1. The third-order valence-electron chi connectivity index (χ3n) is 4.56. The lowest BCUT2D eigenvalue weighted by Crippen LogP contribution is -2.38. The third kappa shape index (κ3) is 4.38. The molecule has 0 radical (unpaired) electrons. The van der Waals surface area contributed by atoms with E-state index in [1.165, 1.54) is 12.8 Å². The van der Waals surface area contributed by atoms with E-state index in [2.05, 4.69) is 17.2 Å². The van der Waals surface area contributed by atoms with Gasteiger partial charge in [0.2, 0.25) is 5.91 Å². The van der Waals surface area contributed by atoms with Crippen LogP contribution in [-0.2, 0) is 11.2 Å². The van der Waals surface area contributed by atoms with Crippen molar-refractivity contribution < 1.29 is 9.21 Å². The second-order valence-electron chi connectivity index (χ2n) is 6.63. The fourth-order valence-electron chi connectivity index (χ4n) is 3.30. The van der Waals surface area contributed by atoms with Crippen molar-refractivity contribution in [1.82, 2.24) is 10.3 Å². The van der Waals surface area contributed by atoms with Gasteiger partial charge >= 0.3 is 0 Å². The van der Waals surface area contributed by atoms with Crippen molar-refractivity contribution in [3.05, 3.63) is 41.4 Å². The summed E-state index contributed by atoms with van der Waals surface area (Å²) in [6.45, 7) is 2.25. The van der Waals surface area contributed by atoms with Gasteiger partial charge in [-0.3, -0.25) is 4.79 Å².